The molecular weight excluding hydrogens is 450 g/mol. The predicted molar refractivity (Wildman–Crippen MR) is 131 cm³/mol. The van der Waals surface area contributed by atoms with E-state index in [0.29, 0.717) is 28.7 Å². The van der Waals surface area contributed by atoms with Gasteiger partial charge in [-0.15, -0.1) is 0 Å². The van der Waals surface area contributed by atoms with Gasteiger partial charge in [0.2, 0.25) is 0 Å². The van der Waals surface area contributed by atoms with E-state index in [-0.39, 0.29) is 11.3 Å². The van der Waals surface area contributed by atoms with Crippen molar-refractivity contribution < 1.29 is 19.4 Å². The molecule has 0 aliphatic carbocycles. The monoisotopic (exact) mass is 471 g/mol. The van der Waals surface area contributed by atoms with Crippen LogP contribution in [0, 0.1) is 6.92 Å². The van der Waals surface area contributed by atoms with Crippen molar-refractivity contribution in [3.05, 3.63) is 89.3 Å². The number of aliphatic hydroxyl groups excluding tert-OH is 1. The number of hydrogen-bond acceptors (Lipinski definition) is 7. The van der Waals surface area contributed by atoms with Crippen molar-refractivity contribution in [1.29, 1.82) is 0 Å². The molecule has 1 aliphatic heterocycles. The van der Waals surface area contributed by atoms with Crippen LogP contribution in [0.25, 0.3) is 16.0 Å². The van der Waals surface area contributed by atoms with Gasteiger partial charge in [-0.3, -0.25) is 19.5 Å². The summed E-state index contributed by atoms with van der Waals surface area (Å²) < 4.78 is 6.48. The minimum Gasteiger partial charge on any atom is -0.507 e. The third-order valence-corrected chi connectivity index (χ3v) is 6.68. The van der Waals surface area contributed by atoms with Gasteiger partial charge in [-0.1, -0.05) is 29.5 Å². The summed E-state index contributed by atoms with van der Waals surface area (Å²) in [5.74, 6) is -1.10. The number of fused-ring (bicyclic) bond motifs is 1. The van der Waals surface area contributed by atoms with E-state index in [1.807, 2.05) is 38.1 Å². The lowest BCUT2D eigenvalue weighted by molar-refractivity contribution is -0.132. The number of pyridine rings is 1. The molecule has 2 aromatic heterocycles. The molecule has 0 radical (unpaired) electrons. The van der Waals surface area contributed by atoms with Crippen LogP contribution < -0.4 is 9.64 Å². The average molecular weight is 472 g/mol. The number of Topliss-reactive ketones (excluding diaryl/α,β-unsaturated/α-hetero) is 1. The molecule has 1 unspecified atom stereocenters. The Labute approximate surface area is 200 Å². The average Bonchev–Trinajstić information content (AvgIpc) is 3.39. The molecule has 1 saturated heterocycles. The summed E-state index contributed by atoms with van der Waals surface area (Å²) in [6, 6.07) is 17.0. The molecule has 170 valence electrons. The summed E-state index contributed by atoms with van der Waals surface area (Å²) in [6.07, 6.45) is 1.59. The number of thiazole rings is 1. The van der Waals surface area contributed by atoms with Crippen LogP contribution >= 0.6 is 11.3 Å². The van der Waals surface area contributed by atoms with Crippen LogP contribution in [0.15, 0.2) is 72.4 Å². The smallest absolute Gasteiger partial charge is 0.301 e. The SMILES string of the molecule is CCOc1ccc(/C(O)=C2\C(=O)C(=O)N(c3nc4ccccc4s3)C2c2ccccn2)cc1C. The lowest BCUT2D eigenvalue weighted by Crippen LogP contribution is -2.29. The Bertz CT molecular complexity index is 1410. The maximum Gasteiger partial charge on any atom is 0.301 e. The van der Waals surface area contributed by atoms with Crippen LogP contribution in [0.1, 0.15) is 29.8 Å². The van der Waals surface area contributed by atoms with Gasteiger partial charge in [0.05, 0.1) is 28.1 Å². The second-order valence-corrected chi connectivity index (χ2v) is 8.81. The third-order valence-electron chi connectivity index (χ3n) is 5.65. The standard InChI is InChI=1S/C26H21N3O4S/c1-3-33-19-12-11-16(14-15(19)2)23(30)21-22(18-9-6-7-13-27-18)29(25(32)24(21)31)26-28-17-8-4-5-10-20(17)34-26/h4-14,22,30H,3H2,1-2H3/b23-21+. The Morgan fingerprint density at radius 2 is 1.91 bits per heavy atom. The molecule has 7 nitrogen and oxygen atoms in total. The van der Waals surface area contributed by atoms with E-state index in [2.05, 4.69) is 9.97 Å². The maximum atomic E-state index is 13.3. The van der Waals surface area contributed by atoms with Gasteiger partial charge in [0.1, 0.15) is 17.6 Å². The summed E-state index contributed by atoms with van der Waals surface area (Å²) in [6.45, 7) is 4.26. The van der Waals surface area contributed by atoms with Crippen molar-refractivity contribution in [1.82, 2.24) is 9.97 Å². The molecule has 0 spiro atoms. The Balaban J connectivity index is 1.69. The molecular formula is C26H21N3O4S. The summed E-state index contributed by atoms with van der Waals surface area (Å²) in [5, 5.41) is 11.7. The van der Waals surface area contributed by atoms with Crippen LogP contribution in [0.4, 0.5) is 5.13 Å². The molecule has 34 heavy (non-hydrogen) atoms. The van der Waals surface area contributed by atoms with Crippen molar-refractivity contribution in [2.75, 3.05) is 11.5 Å². The number of para-hydroxylation sites is 1. The lowest BCUT2D eigenvalue weighted by atomic mass is 9.97. The number of carbonyl (C=O) groups is 2. The summed E-state index contributed by atoms with van der Waals surface area (Å²) in [5.41, 5.74) is 2.40. The van der Waals surface area contributed by atoms with Crippen LogP contribution in [-0.4, -0.2) is 33.4 Å². The van der Waals surface area contributed by atoms with E-state index >= 15 is 0 Å². The number of aryl methyl sites for hydroxylation is 1. The number of nitrogens with zero attached hydrogens (tertiary/aromatic N) is 3. The molecule has 3 heterocycles. The molecule has 5 rings (SSSR count). The van der Waals surface area contributed by atoms with Gasteiger partial charge in [-0.05, 0) is 61.9 Å². The first-order valence-corrected chi connectivity index (χ1v) is 11.6. The molecule has 1 fully saturated rings. The molecule has 1 N–H and O–H groups in total. The Kier molecular flexibility index (Phi) is 5.59. The van der Waals surface area contributed by atoms with E-state index in [4.69, 9.17) is 4.74 Å². The Hall–Kier alpha value is -4.04. The quantitative estimate of drug-likeness (QED) is 0.249. The van der Waals surface area contributed by atoms with Crippen molar-refractivity contribution in [2.24, 2.45) is 0 Å². The first-order chi connectivity index (χ1) is 16.5. The number of benzene rings is 2. The second kappa shape index (κ2) is 8.72. The number of aliphatic hydroxyl groups is 1. The van der Waals surface area contributed by atoms with Gasteiger partial charge >= 0.3 is 5.91 Å². The molecule has 1 atom stereocenters. The topological polar surface area (TPSA) is 92.6 Å². The highest BCUT2D eigenvalue weighted by molar-refractivity contribution is 7.22. The highest BCUT2D eigenvalue weighted by Gasteiger charge is 2.48. The Morgan fingerprint density at radius 1 is 1.12 bits per heavy atom. The first kappa shape index (κ1) is 21.8. The van der Waals surface area contributed by atoms with E-state index in [9.17, 15) is 14.7 Å². The highest BCUT2D eigenvalue weighted by atomic mass is 32.1. The third kappa shape index (κ3) is 3.62. The number of aromatic nitrogens is 2. The predicted octanol–water partition coefficient (Wildman–Crippen LogP) is 5.02. The van der Waals surface area contributed by atoms with Gasteiger partial charge in [-0.2, -0.15) is 0 Å². The summed E-state index contributed by atoms with van der Waals surface area (Å²) >= 11 is 1.31. The lowest BCUT2D eigenvalue weighted by Gasteiger charge is -2.22. The second-order valence-electron chi connectivity index (χ2n) is 7.80. The van der Waals surface area contributed by atoms with Crippen LogP contribution in [-0.2, 0) is 9.59 Å². The normalized spacial score (nSPS) is 17.5. The van der Waals surface area contributed by atoms with Gasteiger partial charge in [0, 0.05) is 11.8 Å². The molecule has 8 heteroatoms. The molecule has 2 aromatic carbocycles. The van der Waals surface area contributed by atoms with Gasteiger partial charge < -0.3 is 9.84 Å². The molecule has 1 amide bonds. The highest BCUT2D eigenvalue weighted by Crippen LogP contribution is 2.43. The maximum absolute atomic E-state index is 13.3. The number of amides is 1. The summed E-state index contributed by atoms with van der Waals surface area (Å²) in [7, 11) is 0. The Morgan fingerprint density at radius 3 is 2.62 bits per heavy atom. The van der Waals surface area contributed by atoms with Gasteiger partial charge in [0.15, 0.2) is 5.13 Å². The minimum absolute atomic E-state index is 0.0217. The van der Waals surface area contributed by atoms with Crippen molar-refractivity contribution in [3.8, 4) is 5.75 Å². The first-order valence-electron chi connectivity index (χ1n) is 10.8. The zero-order valence-electron chi connectivity index (χ0n) is 18.6. The van der Waals surface area contributed by atoms with Gasteiger partial charge in [-0.25, -0.2) is 4.98 Å². The zero-order chi connectivity index (χ0) is 23.8. The zero-order valence-corrected chi connectivity index (χ0v) is 19.4. The number of rotatable bonds is 5. The van der Waals surface area contributed by atoms with E-state index in [1.165, 1.54) is 16.2 Å². The largest absolute Gasteiger partial charge is 0.507 e. The van der Waals surface area contributed by atoms with Crippen LogP contribution in [0.2, 0.25) is 0 Å². The fraction of sp³-hybridized carbons (Fsp3) is 0.154. The van der Waals surface area contributed by atoms with Gasteiger partial charge in [0.25, 0.3) is 5.78 Å². The molecule has 4 aromatic rings. The number of anilines is 1. The summed E-state index contributed by atoms with van der Waals surface area (Å²) in [4.78, 5) is 36.9. The molecule has 0 saturated carbocycles. The van der Waals surface area contributed by atoms with Crippen LogP contribution in [0.5, 0.6) is 5.75 Å². The van der Waals surface area contributed by atoms with E-state index < -0.39 is 17.7 Å². The van der Waals surface area contributed by atoms with Crippen LogP contribution in [0.3, 0.4) is 0 Å². The van der Waals surface area contributed by atoms with E-state index in [0.717, 1.165) is 15.8 Å². The van der Waals surface area contributed by atoms with E-state index in [1.54, 1.807) is 42.6 Å². The number of carbonyl (C=O) groups excluding carboxylic acids is 2. The number of hydrogen-bond donors (Lipinski definition) is 1. The van der Waals surface area contributed by atoms with Crippen molar-refractivity contribution >= 4 is 44.1 Å². The fourth-order valence-corrected chi connectivity index (χ4v) is 5.07. The molecule has 0 bridgehead atoms. The minimum atomic E-state index is -0.909. The molecule has 1 aliphatic rings. The van der Waals surface area contributed by atoms with Crippen molar-refractivity contribution in [2.45, 2.75) is 19.9 Å². The fourth-order valence-electron chi connectivity index (χ4n) is 4.08. The number of ketones is 1. The number of ether oxygens (including phenoxy) is 1. The van der Waals surface area contributed by atoms with Crippen molar-refractivity contribution in [3.63, 3.8) is 0 Å².